The van der Waals surface area contributed by atoms with Crippen LogP contribution in [-0.2, 0) is 0 Å². The van der Waals surface area contributed by atoms with E-state index in [0.717, 1.165) is 0 Å². The molecule has 1 fully saturated rings. The average molecular weight is 137 g/mol. The van der Waals surface area contributed by atoms with Crippen LogP contribution in [0.15, 0.2) is 0 Å². The Hall–Kier alpha value is -0.870. The highest BCUT2D eigenvalue weighted by Crippen LogP contribution is 2.41. The lowest BCUT2D eigenvalue weighted by Gasteiger charge is -1.94. The van der Waals surface area contributed by atoms with Crippen LogP contribution in [0.25, 0.3) is 0 Å². The number of amides is 1. The fourth-order valence-electron chi connectivity index (χ4n) is 0.519. The second kappa shape index (κ2) is 1.55. The summed E-state index contributed by atoms with van der Waals surface area (Å²) in [5.74, 6) is -2.79. The Bertz CT molecular complexity index is 148. The number of hydrogen-bond acceptors (Lipinski definition) is 1. The maximum atomic E-state index is 11.8. The second-order valence-electron chi connectivity index (χ2n) is 1.97. The number of hydrogen-bond donors (Lipinski definition) is 2. The third-order valence-electron chi connectivity index (χ3n) is 1.12. The van der Waals surface area contributed by atoms with Gasteiger partial charge in [0.25, 0.3) is 5.92 Å². The molecule has 1 saturated carbocycles. The standard InChI is InChI=1S/C4H5F2NO2/c5-4(6)1-2(4)7-3(8)9/h2,7H,1H2,(H,8,9)/t2-/m1/s1. The van der Waals surface area contributed by atoms with Gasteiger partial charge in [-0.15, -0.1) is 0 Å². The highest BCUT2D eigenvalue weighted by atomic mass is 19.3. The third kappa shape index (κ3) is 1.28. The van der Waals surface area contributed by atoms with E-state index in [0.29, 0.717) is 0 Å². The van der Waals surface area contributed by atoms with Crippen LogP contribution in [-0.4, -0.2) is 23.2 Å². The summed E-state index contributed by atoms with van der Waals surface area (Å²) >= 11 is 0. The summed E-state index contributed by atoms with van der Waals surface area (Å²) in [6.45, 7) is 0. The van der Waals surface area contributed by atoms with Crippen molar-refractivity contribution < 1.29 is 18.7 Å². The van der Waals surface area contributed by atoms with Crippen LogP contribution in [0.4, 0.5) is 13.6 Å². The van der Waals surface area contributed by atoms with Crippen LogP contribution in [0, 0.1) is 0 Å². The maximum absolute atomic E-state index is 11.8. The number of alkyl halides is 2. The van der Waals surface area contributed by atoms with E-state index in [1.807, 2.05) is 0 Å². The van der Waals surface area contributed by atoms with Crippen LogP contribution in [0.5, 0.6) is 0 Å². The number of nitrogens with one attached hydrogen (secondary N) is 1. The highest BCUT2D eigenvalue weighted by Gasteiger charge is 2.58. The van der Waals surface area contributed by atoms with Gasteiger partial charge in [-0.25, -0.2) is 13.6 Å². The quantitative estimate of drug-likeness (QED) is 0.557. The predicted octanol–water partition coefficient (Wildman–Crippen LogP) is 0.662. The lowest BCUT2D eigenvalue weighted by Crippen LogP contribution is -2.27. The summed E-state index contributed by atoms with van der Waals surface area (Å²) in [6, 6.07) is -1.14. The van der Waals surface area contributed by atoms with Gasteiger partial charge < -0.3 is 10.4 Å². The van der Waals surface area contributed by atoms with Gasteiger partial charge in [0.1, 0.15) is 6.04 Å². The van der Waals surface area contributed by atoms with Gasteiger partial charge in [-0.05, 0) is 0 Å². The molecule has 9 heavy (non-hydrogen) atoms. The molecular formula is C4H5F2NO2. The molecule has 0 radical (unpaired) electrons. The molecule has 1 atom stereocenters. The fraction of sp³-hybridized carbons (Fsp3) is 0.750. The van der Waals surface area contributed by atoms with Gasteiger partial charge in [-0.1, -0.05) is 0 Å². The first-order valence-electron chi connectivity index (χ1n) is 2.39. The van der Waals surface area contributed by atoms with Crippen molar-refractivity contribution in [2.45, 2.75) is 18.4 Å². The lowest BCUT2D eigenvalue weighted by atomic mass is 10.7. The van der Waals surface area contributed by atoms with Crippen molar-refractivity contribution in [3.8, 4) is 0 Å². The molecule has 0 saturated heterocycles. The van der Waals surface area contributed by atoms with Gasteiger partial charge in [0.05, 0.1) is 0 Å². The van der Waals surface area contributed by atoms with E-state index in [9.17, 15) is 13.6 Å². The van der Waals surface area contributed by atoms with E-state index in [1.54, 1.807) is 5.32 Å². The zero-order valence-electron chi connectivity index (χ0n) is 4.40. The monoisotopic (exact) mass is 137 g/mol. The Balaban J connectivity index is 2.28. The van der Waals surface area contributed by atoms with Crippen molar-refractivity contribution in [3.63, 3.8) is 0 Å². The zero-order chi connectivity index (χ0) is 7.07. The molecule has 1 rings (SSSR count). The summed E-state index contributed by atoms with van der Waals surface area (Å²) < 4.78 is 23.7. The first-order valence-corrected chi connectivity index (χ1v) is 2.39. The van der Waals surface area contributed by atoms with E-state index in [2.05, 4.69) is 0 Å². The first kappa shape index (κ1) is 6.25. The zero-order valence-corrected chi connectivity index (χ0v) is 4.40. The second-order valence-corrected chi connectivity index (χ2v) is 1.97. The molecule has 0 aromatic carbocycles. The van der Waals surface area contributed by atoms with Gasteiger partial charge in [0.2, 0.25) is 0 Å². The number of carbonyl (C=O) groups is 1. The molecule has 0 spiro atoms. The van der Waals surface area contributed by atoms with E-state index in [-0.39, 0.29) is 6.42 Å². The van der Waals surface area contributed by atoms with Crippen molar-refractivity contribution >= 4 is 6.09 Å². The third-order valence-corrected chi connectivity index (χ3v) is 1.12. The Morgan fingerprint density at radius 2 is 2.22 bits per heavy atom. The molecule has 1 aliphatic rings. The van der Waals surface area contributed by atoms with Crippen LogP contribution in [0.1, 0.15) is 6.42 Å². The van der Waals surface area contributed by atoms with Gasteiger partial charge in [-0.3, -0.25) is 0 Å². The number of halogens is 2. The molecule has 0 aromatic rings. The van der Waals surface area contributed by atoms with Crippen LogP contribution in [0.3, 0.4) is 0 Å². The molecule has 0 unspecified atom stereocenters. The lowest BCUT2D eigenvalue weighted by molar-refractivity contribution is 0.104. The number of carboxylic acid groups (broad SMARTS) is 1. The molecule has 0 heterocycles. The summed E-state index contributed by atoms with van der Waals surface area (Å²) in [7, 11) is 0. The molecular weight excluding hydrogens is 132 g/mol. The molecule has 52 valence electrons. The fourth-order valence-corrected chi connectivity index (χ4v) is 0.519. The molecule has 0 bridgehead atoms. The number of rotatable bonds is 1. The molecule has 1 amide bonds. The minimum Gasteiger partial charge on any atom is -0.465 e. The Morgan fingerprint density at radius 1 is 1.78 bits per heavy atom. The van der Waals surface area contributed by atoms with Gasteiger partial charge in [0, 0.05) is 6.42 Å². The van der Waals surface area contributed by atoms with Crippen LogP contribution < -0.4 is 5.32 Å². The largest absolute Gasteiger partial charge is 0.465 e. The molecule has 0 aromatic heterocycles. The van der Waals surface area contributed by atoms with Crippen molar-refractivity contribution in [2.75, 3.05) is 0 Å². The topological polar surface area (TPSA) is 49.3 Å². The Labute approximate surface area is 49.7 Å². The SMILES string of the molecule is O=C(O)N[C@@H]1CC1(F)F. The van der Waals surface area contributed by atoms with E-state index in [4.69, 9.17) is 5.11 Å². The summed E-state index contributed by atoms with van der Waals surface area (Å²) in [5, 5.41) is 9.59. The smallest absolute Gasteiger partial charge is 0.405 e. The molecule has 0 aliphatic heterocycles. The predicted molar refractivity (Wildman–Crippen MR) is 24.5 cm³/mol. The molecule has 5 heteroatoms. The average Bonchev–Trinajstić information content (AvgIpc) is 2.10. The Kier molecular flexibility index (Phi) is 1.08. The van der Waals surface area contributed by atoms with E-state index in [1.165, 1.54) is 0 Å². The minimum absolute atomic E-state index is 0.362. The van der Waals surface area contributed by atoms with Crippen molar-refractivity contribution in [2.24, 2.45) is 0 Å². The van der Waals surface area contributed by atoms with Crippen molar-refractivity contribution in [1.29, 1.82) is 0 Å². The normalized spacial score (nSPS) is 29.3. The summed E-state index contributed by atoms with van der Waals surface area (Å²) in [5.41, 5.74) is 0. The van der Waals surface area contributed by atoms with Crippen molar-refractivity contribution in [3.05, 3.63) is 0 Å². The van der Waals surface area contributed by atoms with E-state index < -0.39 is 18.1 Å². The maximum Gasteiger partial charge on any atom is 0.405 e. The Morgan fingerprint density at radius 3 is 2.33 bits per heavy atom. The van der Waals surface area contributed by atoms with Crippen LogP contribution >= 0.6 is 0 Å². The summed E-state index contributed by atoms with van der Waals surface area (Å²) in [6.07, 6.45) is -1.75. The van der Waals surface area contributed by atoms with Gasteiger partial charge >= 0.3 is 6.09 Å². The van der Waals surface area contributed by atoms with Gasteiger partial charge in [-0.2, -0.15) is 0 Å². The summed E-state index contributed by atoms with van der Waals surface area (Å²) in [4.78, 5) is 9.69. The minimum atomic E-state index is -2.79. The van der Waals surface area contributed by atoms with Crippen LogP contribution in [0.2, 0.25) is 0 Å². The van der Waals surface area contributed by atoms with Gasteiger partial charge in [0.15, 0.2) is 0 Å². The molecule has 2 N–H and O–H groups in total. The highest BCUT2D eigenvalue weighted by molar-refractivity contribution is 5.65. The molecule has 1 aliphatic carbocycles. The molecule has 3 nitrogen and oxygen atoms in total. The first-order chi connectivity index (χ1) is 4.02. The van der Waals surface area contributed by atoms with E-state index >= 15 is 0 Å². The van der Waals surface area contributed by atoms with Crippen molar-refractivity contribution in [1.82, 2.24) is 5.32 Å².